The summed E-state index contributed by atoms with van der Waals surface area (Å²) < 4.78 is 5.28. The number of benzene rings is 1. The van der Waals surface area contributed by atoms with Crippen LogP contribution in [0, 0.1) is 0 Å². The van der Waals surface area contributed by atoms with E-state index in [1.165, 1.54) is 0 Å². The van der Waals surface area contributed by atoms with Gasteiger partial charge in [0.2, 0.25) is 5.91 Å². The lowest BCUT2D eigenvalue weighted by atomic mass is 10.1. The fraction of sp³-hybridized carbons (Fsp3) is 0.500. The van der Waals surface area contributed by atoms with Crippen molar-refractivity contribution in [2.24, 2.45) is 0 Å². The third-order valence-corrected chi connectivity index (χ3v) is 4.79. The van der Waals surface area contributed by atoms with Crippen LogP contribution in [0.4, 0.5) is 16.2 Å². The maximum Gasteiger partial charge on any atom is 0.322 e. The van der Waals surface area contributed by atoms with Gasteiger partial charge in [0.25, 0.3) is 0 Å². The van der Waals surface area contributed by atoms with E-state index in [0.717, 1.165) is 13.1 Å². The number of methoxy groups -OCH3 is 1. The highest BCUT2D eigenvalue weighted by atomic mass is 16.5. The molecule has 1 saturated heterocycles. The molecule has 1 heterocycles. The van der Waals surface area contributed by atoms with Gasteiger partial charge in [0.05, 0.1) is 12.8 Å². The Morgan fingerprint density at radius 1 is 1.26 bits per heavy atom. The fourth-order valence-corrected chi connectivity index (χ4v) is 3.22. The van der Waals surface area contributed by atoms with E-state index < -0.39 is 0 Å². The molecule has 1 aliphatic rings. The van der Waals surface area contributed by atoms with E-state index in [9.17, 15) is 9.59 Å². The second-order valence-electron chi connectivity index (χ2n) is 6.84. The largest absolute Gasteiger partial charge is 0.495 e. The molecule has 0 saturated carbocycles. The van der Waals surface area contributed by atoms with Gasteiger partial charge in [-0.05, 0) is 32.0 Å². The highest BCUT2D eigenvalue weighted by Crippen LogP contribution is 2.28. The van der Waals surface area contributed by atoms with E-state index in [4.69, 9.17) is 4.74 Å². The number of urea groups is 1. The third-order valence-electron chi connectivity index (χ3n) is 4.79. The number of amides is 3. The van der Waals surface area contributed by atoms with Crippen LogP contribution >= 0.6 is 0 Å². The first-order chi connectivity index (χ1) is 12.9. The lowest BCUT2D eigenvalue weighted by Crippen LogP contribution is -2.58. The van der Waals surface area contributed by atoms with Crippen LogP contribution in [0.5, 0.6) is 5.75 Å². The quantitative estimate of drug-likeness (QED) is 0.750. The van der Waals surface area contributed by atoms with Crippen molar-refractivity contribution in [3.05, 3.63) is 30.9 Å². The highest BCUT2D eigenvalue weighted by molar-refractivity contribution is 5.95. The van der Waals surface area contributed by atoms with Gasteiger partial charge in [-0.2, -0.15) is 0 Å². The maximum absolute atomic E-state index is 12.8. The Balaban J connectivity index is 2.09. The zero-order valence-electron chi connectivity index (χ0n) is 16.6. The molecule has 2 N–H and O–H groups in total. The predicted octanol–water partition coefficient (Wildman–Crippen LogP) is 3.16. The van der Waals surface area contributed by atoms with E-state index in [1.807, 2.05) is 17.9 Å². The third kappa shape index (κ3) is 5.23. The molecule has 1 aromatic rings. The summed E-state index contributed by atoms with van der Waals surface area (Å²) in [5, 5.41) is 5.73. The van der Waals surface area contributed by atoms with Gasteiger partial charge < -0.3 is 20.3 Å². The number of ether oxygens (including phenoxy) is 1. The predicted molar refractivity (Wildman–Crippen MR) is 108 cm³/mol. The van der Waals surface area contributed by atoms with Gasteiger partial charge in [0, 0.05) is 43.8 Å². The molecule has 7 nitrogen and oxygen atoms in total. The first kappa shape index (κ1) is 20.8. The van der Waals surface area contributed by atoms with Gasteiger partial charge in [0.1, 0.15) is 5.75 Å². The molecule has 1 aromatic carbocycles. The molecule has 2 rings (SSSR count). The molecule has 0 bridgehead atoms. The molecule has 1 aliphatic heterocycles. The Kier molecular flexibility index (Phi) is 7.24. The summed E-state index contributed by atoms with van der Waals surface area (Å²) in [6.45, 7) is 12.0. The summed E-state index contributed by atoms with van der Waals surface area (Å²) in [6.07, 6.45) is 2.26. The van der Waals surface area contributed by atoms with Crippen molar-refractivity contribution in [3.63, 3.8) is 0 Å². The topological polar surface area (TPSA) is 73.9 Å². The van der Waals surface area contributed by atoms with Crippen LogP contribution in [0.1, 0.15) is 27.2 Å². The average Bonchev–Trinajstić information content (AvgIpc) is 2.64. The Bertz CT molecular complexity index is 692. The summed E-state index contributed by atoms with van der Waals surface area (Å²) in [4.78, 5) is 28.7. The number of nitrogens with zero attached hydrogens (tertiary/aromatic N) is 2. The maximum atomic E-state index is 12.8. The molecule has 7 heteroatoms. The Morgan fingerprint density at radius 3 is 2.63 bits per heavy atom. The summed E-state index contributed by atoms with van der Waals surface area (Å²) in [7, 11) is 1.54. The van der Waals surface area contributed by atoms with E-state index in [1.54, 1.807) is 32.2 Å². The van der Waals surface area contributed by atoms with Crippen molar-refractivity contribution < 1.29 is 14.3 Å². The molecule has 3 amide bonds. The Labute approximate surface area is 161 Å². The van der Waals surface area contributed by atoms with Gasteiger partial charge in [0.15, 0.2) is 0 Å². The number of piperazine rings is 1. The molecule has 1 fully saturated rings. The molecular formula is C20H30N4O3. The number of nitrogens with one attached hydrogen (secondary N) is 2. The molecule has 148 valence electrons. The van der Waals surface area contributed by atoms with Gasteiger partial charge >= 0.3 is 6.03 Å². The summed E-state index contributed by atoms with van der Waals surface area (Å²) in [5.41, 5.74) is 1.15. The minimum atomic E-state index is -0.148. The second kappa shape index (κ2) is 9.41. The zero-order valence-corrected chi connectivity index (χ0v) is 16.6. The van der Waals surface area contributed by atoms with E-state index in [-0.39, 0.29) is 24.0 Å². The van der Waals surface area contributed by atoms with Crippen LogP contribution in [0.15, 0.2) is 30.9 Å². The summed E-state index contributed by atoms with van der Waals surface area (Å²) in [5.74, 6) is 0.437. The monoisotopic (exact) mass is 374 g/mol. The van der Waals surface area contributed by atoms with Crippen LogP contribution in [0.3, 0.4) is 0 Å². The van der Waals surface area contributed by atoms with Crippen molar-refractivity contribution in [3.8, 4) is 5.75 Å². The summed E-state index contributed by atoms with van der Waals surface area (Å²) >= 11 is 0. The Morgan fingerprint density at radius 2 is 2.00 bits per heavy atom. The number of hydrogen-bond acceptors (Lipinski definition) is 4. The van der Waals surface area contributed by atoms with Gasteiger partial charge in [-0.25, -0.2) is 4.79 Å². The second-order valence-corrected chi connectivity index (χ2v) is 6.84. The minimum absolute atomic E-state index is 0.0960. The molecule has 27 heavy (non-hydrogen) atoms. The van der Waals surface area contributed by atoms with Crippen molar-refractivity contribution in [2.45, 2.75) is 39.3 Å². The molecule has 0 aliphatic carbocycles. The zero-order chi connectivity index (χ0) is 20.0. The van der Waals surface area contributed by atoms with Crippen molar-refractivity contribution in [1.82, 2.24) is 9.80 Å². The van der Waals surface area contributed by atoms with Gasteiger partial charge in [-0.15, -0.1) is 6.58 Å². The van der Waals surface area contributed by atoms with E-state index in [2.05, 4.69) is 29.0 Å². The van der Waals surface area contributed by atoms with Crippen molar-refractivity contribution in [1.29, 1.82) is 0 Å². The number of anilines is 2. The van der Waals surface area contributed by atoms with Crippen LogP contribution in [-0.4, -0.2) is 60.6 Å². The molecule has 0 aromatic heterocycles. The minimum Gasteiger partial charge on any atom is -0.495 e. The van der Waals surface area contributed by atoms with Crippen LogP contribution in [0.2, 0.25) is 0 Å². The fourth-order valence-electron chi connectivity index (χ4n) is 3.22. The molecular weight excluding hydrogens is 344 g/mol. The number of rotatable bonds is 6. The molecule has 2 unspecified atom stereocenters. The van der Waals surface area contributed by atoms with Gasteiger partial charge in [-0.3, -0.25) is 9.69 Å². The van der Waals surface area contributed by atoms with Crippen LogP contribution < -0.4 is 15.4 Å². The van der Waals surface area contributed by atoms with E-state index in [0.29, 0.717) is 30.1 Å². The SMILES string of the molecule is C=CCN1CC(C)N(C(=O)Nc2ccc(OC)c(NC(=O)CC)c2)CC1C. The Hall–Kier alpha value is -2.54. The average molecular weight is 374 g/mol. The normalized spacial score (nSPS) is 20.1. The summed E-state index contributed by atoms with van der Waals surface area (Å²) in [6, 6.07) is 5.42. The molecule has 0 spiro atoms. The first-order valence-electron chi connectivity index (χ1n) is 9.30. The first-order valence-corrected chi connectivity index (χ1v) is 9.30. The van der Waals surface area contributed by atoms with Crippen LogP contribution in [-0.2, 0) is 4.79 Å². The lowest BCUT2D eigenvalue weighted by Gasteiger charge is -2.43. The van der Waals surface area contributed by atoms with Crippen LogP contribution in [0.25, 0.3) is 0 Å². The lowest BCUT2D eigenvalue weighted by molar-refractivity contribution is -0.115. The van der Waals surface area contributed by atoms with Crippen molar-refractivity contribution >= 4 is 23.3 Å². The van der Waals surface area contributed by atoms with E-state index >= 15 is 0 Å². The molecule has 2 atom stereocenters. The smallest absolute Gasteiger partial charge is 0.322 e. The molecule has 0 radical (unpaired) electrons. The standard InChI is InChI=1S/C20H30N4O3/c1-6-10-23-12-15(4)24(13-14(23)3)20(26)21-16-8-9-18(27-5)17(11-16)22-19(25)7-2/h6,8-9,11,14-15H,1,7,10,12-13H2,2-5H3,(H,21,26)(H,22,25). The van der Waals surface area contributed by atoms with Crippen molar-refractivity contribution in [2.75, 3.05) is 37.4 Å². The number of carbonyl (C=O) groups excluding carboxylic acids is 2. The number of hydrogen-bond donors (Lipinski definition) is 2. The van der Waals surface area contributed by atoms with Gasteiger partial charge in [-0.1, -0.05) is 13.0 Å². The number of carbonyl (C=O) groups is 2. The highest BCUT2D eigenvalue weighted by Gasteiger charge is 2.31.